The lowest BCUT2D eigenvalue weighted by Crippen LogP contribution is -2.35. The van der Waals surface area contributed by atoms with Crippen LogP contribution in [0.1, 0.15) is 17.4 Å². The van der Waals surface area contributed by atoms with Crippen LogP contribution in [0.4, 0.5) is 0 Å². The maximum absolute atomic E-state index is 12.8. The van der Waals surface area contributed by atoms with Gasteiger partial charge in [-0.25, -0.2) is 0 Å². The van der Waals surface area contributed by atoms with Crippen LogP contribution in [0.15, 0.2) is 46.6 Å². The summed E-state index contributed by atoms with van der Waals surface area (Å²) in [4.78, 5) is 28.8. The van der Waals surface area contributed by atoms with Crippen molar-refractivity contribution in [3.8, 4) is 5.75 Å². The molecule has 0 aliphatic carbocycles. The Bertz CT molecular complexity index is 921. The van der Waals surface area contributed by atoms with E-state index in [1.54, 1.807) is 24.3 Å². The number of hydrogen-bond acceptors (Lipinski definition) is 6. The van der Waals surface area contributed by atoms with Crippen molar-refractivity contribution in [2.45, 2.75) is 6.04 Å². The molecule has 8 heteroatoms. The van der Waals surface area contributed by atoms with Gasteiger partial charge in [0.25, 0.3) is 11.7 Å². The van der Waals surface area contributed by atoms with E-state index >= 15 is 0 Å². The van der Waals surface area contributed by atoms with Crippen LogP contribution in [-0.2, 0) is 9.59 Å². The highest BCUT2D eigenvalue weighted by molar-refractivity contribution is 6.46. The molecule has 2 aromatic rings. The number of aliphatic hydroxyl groups excluding tert-OH is 1. The van der Waals surface area contributed by atoms with Crippen LogP contribution in [0.25, 0.3) is 5.76 Å². The largest absolute Gasteiger partial charge is 0.507 e. The molecule has 0 saturated carbocycles. The Morgan fingerprint density at radius 3 is 2.68 bits per heavy atom. The van der Waals surface area contributed by atoms with E-state index in [1.165, 1.54) is 24.3 Å². The fourth-order valence-electron chi connectivity index (χ4n) is 3.17. The minimum atomic E-state index is -0.835. The Balaban J connectivity index is 2.17. The summed E-state index contributed by atoms with van der Waals surface area (Å²) in [6, 6.07) is 7.18. The first-order valence-corrected chi connectivity index (χ1v) is 9.03. The van der Waals surface area contributed by atoms with Crippen LogP contribution >= 0.6 is 11.6 Å². The van der Waals surface area contributed by atoms with Crippen LogP contribution in [0, 0.1) is 0 Å². The number of likely N-dealkylation sites (tertiary alicyclic amines) is 1. The summed E-state index contributed by atoms with van der Waals surface area (Å²) < 4.78 is 10.8. The number of ketones is 1. The number of furan rings is 1. The van der Waals surface area contributed by atoms with Gasteiger partial charge in [-0.15, -0.1) is 0 Å². The fraction of sp³-hybridized carbons (Fsp3) is 0.300. The van der Waals surface area contributed by atoms with Crippen molar-refractivity contribution >= 4 is 29.1 Å². The highest BCUT2D eigenvalue weighted by atomic mass is 35.5. The van der Waals surface area contributed by atoms with Gasteiger partial charge in [-0.2, -0.15) is 0 Å². The number of aliphatic hydroxyl groups is 1. The zero-order chi connectivity index (χ0) is 20.4. The Kier molecular flexibility index (Phi) is 5.76. The Morgan fingerprint density at radius 2 is 2.07 bits per heavy atom. The molecule has 2 heterocycles. The molecule has 28 heavy (non-hydrogen) atoms. The van der Waals surface area contributed by atoms with Crippen LogP contribution < -0.4 is 4.74 Å². The molecule has 148 valence electrons. The molecule has 1 amide bonds. The van der Waals surface area contributed by atoms with Crippen molar-refractivity contribution in [2.75, 3.05) is 34.3 Å². The van der Waals surface area contributed by atoms with Gasteiger partial charge in [0.15, 0.2) is 0 Å². The Hall–Kier alpha value is -2.77. The molecule has 0 bridgehead atoms. The van der Waals surface area contributed by atoms with Gasteiger partial charge in [0, 0.05) is 18.1 Å². The third-order valence-electron chi connectivity index (χ3n) is 4.56. The number of carbonyl (C=O) groups is 2. The molecular formula is C20H21ClN2O5. The fourth-order valence-corrected chi connectivity index (χ4v) is 3.34. The van der Waals surface area contributed by atoms with Crippen molar-refractivity contribution in [3.05, 3.63) is 58.5 Å². The van der Waals surface area contributed by atoms with Crippen molar-refractivity contribution in [3.63, 3.8) is 0 Å². The van der Waals surface area contributed by atoms with E-state index < -0.39 is 17.7 Å². The molecule has 0 spiro atoms. The molecule has 0 radical (unpaired) electrons. The first kappa shape index (κ1) is 20.0. The highest BCUT2D eigenvalue weighted by Gasteiger charge is 2.47. The molecule has 7 nitrogen and oxygen atoms in total. The van der Waals surface area contributed by atoms with Crippen molar-refractivity contribution < 1.29 is 23.8 Å². The van der Waals surface area contributed by atoms with E-state index in [2.05, 4.69) is 0 Å². The van der Waals surface area contributed by atoms with Gasteiger partial charge in [-0.1, -0.05) is 11.6 Å². The highest BCUT2D eigenvalue weighted by Crippen LogP contribution is 2.41. The van der Waals surface area contributed by atoms with E-state index in [0.717, 1.165) is 0 Å². The predicted molar refractivity (Wildman–Crippen MR) is 104 cm³/mol. The van der Waals surface area contributed by atoms with E-state index in [0.29, 0.717) is 29.6 Å². The summed E-state index contributed by atoms with van der Waals surface area (Å²) in [6.07, 6.45) is 1.46. The standard InChI is InChI=1S/C20H21ClN2O5/c1-22(2)8-9-23-17(15-5-4-10-28-15)16(19(25)20(23)26)18(24)13-11-12(21)6-7-14(13)27-3/h4-7,10-11,17,24H,8-9H2,1-3H3. The summed E-state index contributed by atoms with van der Waals surface area (Å²) in [5, 5.41) is 11.4. The zero-order valence-corrected chi connectivity index (χ0v) is 16.6. The van der Waals surface area contributed by atoms with E-state index in [9.17, 15) is 14.7 Å². The van der Waals surface area contributed by atoms with Gasteiger partial charge in [-0.3, -0.25) is 9.59 Å². The smallest absolute Gasteiger partial charge is 0.295 e. The van der Waals surface area contributed by atoms with Crippen LogP contribution in [-0.4, -0.2) is 60.9 Å². The summed E-state index contributed by atoms with van der Waals surface area (Å²) >= 11 is 6.06. The lowest BCUT2D eigenvalue weighted by molar-refractivity contribution is -0.140. The summed E-state index contributed by atoms with van der Waals surface area (Å²) in [5.74, 6) is -1.10. The van der Waals surface area contributed by atoms with Crippen molar-refractivity contribution in [1.29, 1.82) is 0 Å². The molecule has 1 aromatic heterocycles. The Labute approximate surface area is 167 Å². The molecule has 1 N–H and O–H groups in total. The SMILES string of the molecule is COc1ccc(Cl)cc1C(O)=C1C(=O)C(=O)N(CCN(C)C)C1c1ccco1. The van der Waals surface area contributed by atoms with Gasteiger partial charge in [0.05, 0.1) is 24.5 Å². The van der Waals surface area contributed by atoms with Gasteiger partial charge in [0.2, 0.25) is 0 Å². The molecule has 1 atom stereocenters. The minimum Gasteiger partial charge on any atom is -0.507 e. The number of likely N-dealkylation sites (N-methyl/N-ethyl adjacent to an activating group) is 1. The van der Waals surface area contributed by atoms with Gasteiger partial charge < -0.3 is 24.1 Å². The molecule has 1 fully saturated rings. The average molecular weight is 405 g/mol. The van der Waals surface area contributed by atoms with E-state index in [4.69, 9.17) is 20.8 Å². The number of rotatable bonds is 6. The number of nitrogens with zero attached hydrogens (tertiary/aromatic N) is 2. The number of amides is 1. The number of Topliss-reactive ketones (excluding diaryl/α,β-unsaturated/α-hetero) is 1. The molecule has 1 aliphatic heterocycles. The summed E-state index contributed by atoms with van der Waals surface area (Å²) in [7, 11) is 5.18. The molecule has 1 saturated heterocycles. The molecule has 1 unspecified atom stereocenters. The monoisotopic (exact) mass is 404 g/mol. The molecule has 3 rings (SSSR count). The second kappa shape index (κ2) is 8.08. The maximum Gasteiger partial charge on any atom is 0.295 e. The topological polar surface area (TPSA) is 83.2 Å². The van der Waals surface area contributed by atoms with Crippen molar-refractivity contribution in [1.82, 2.24) is 9.80 Å². The van der Waals surface area contributed by atoms with Crippen molar-refractivity contribution in [2.24, 2.45) is 0 Å². The zero-order valence-electron chi connectivity index (χ0n) is 15.8. The lowest BCUT2D eigenvalue weighted by Gasteiger charge is -2.24. The van der Waals surface area contributed by atoms with E-state index in [-0.39, 0.29) is 16.9 Å². The molecule has 1 aliphatic rings. The number of halogens is 1. The third kappa shape index (κ3) is 3.63. The van der Waals surface area contributed by atoms with Gasteiger partial charge >= 0.3 is 0 Å². The van der Waals surface area contributed by atoms with Gasteiger partial charge in [-0.05, 0) is 44.4 Å². The summed E-state index contributed by atoms with van der Waals surface area (Å²) in [6.45, 7) is 0.844. The molecule has 1 aromatic carbocycles. The van der Waals surface area contributed by atoms with E-state index in [1.807, 2.05) is 19.0 Å². The number of methoxy groups -OCH3 is 1. The third-order valence-corrected chi connectivity index (χ3v) is 4.79. The number of hydrogen-bond donors (Lipinski definition) is 1. The Morgan fingerprint density at radius 1 is 1.32 bits per heavy atom. The molecular weight excluding hydrogens is 384 g/mol. The second-order valence-electron chi connectivity index (χ2n) is 6.66. The van der Waals surface area contributed by atoms with Crippen LogP contribution in [0.3, 0.4) is 0 Å². The lowest BCUT2D eigenvalue weighted by atomic mass is 9.99. The first-order chi connectivity index (χ1) is 13.3. The normalized spacial score (nSPS) is 18.9. The second-order valence-corrected chi connectivity index (χ2v) is 7.09. The minimum absolute atomic E-state index is 0.0562. The predicted octanol–water partition coefficient (Wildman–Crippen LogP) is 2.92. The number of benzene rings is 1. The quantitative estimate of drug-likeness (QED) is 0.453. The van der Waals surface area contributed by atoms with Crippen LogP contribution in [0.5, 0.6) is 5.75 Å². The maximum atomic E-state index is 12.8. The average Bonchev–Trinajstić information content (AvgIpc) is 3.27. The first-order valence-electron chi connectivity index (χ1n) is 8.65. The van der Waals surface area contributed by atoms with Gasteiger partial charge in [0.1, 0.15) is 23.3 Å². The van der Waals surface area contributed by atoms with Crippen LogP contribution in [0.2, 0.25) is 5.02 Å². The summed E-state index contributed by atoms with van der Waals surface area (Å²) in [5.41, 5.74) is 0.177. The number of ether oxygens (including phenoxy) is 1. The number of carbonyl (C=O) groups excluding carboxylic acids is 2.